The number of rotatable bonds is 12. The number of hydrogen-bond donors (Lipinski definition) is 0. The second-order valence-electron chi connectivity index (χ2n) is 10.2. The number of nitrogens with zero attached hydrogens (tertiary/aromatic N) is 3. The summed E-state index contributed by atoms with van der Waals surface area (Å²) >= 11 is 0. The lowest BCUT2D eigenvalue weighted by molar-refractivity contribution is 0.119. The smallest absolute Gasteiger partial charge is 0.123 e. The van der Waals surface area contributed by atoms with Gasteiger partial charge in [0.1, 0.15) is 17.3 Å². The summed E-state index contributed by atoms with van der Waals surface area (Å²) < 4.78 is 18.3. The zero-order chi connectivity index (χ0) is 28.5. The van der Waals surface area contributed by atoms with Crippen molar-refractivity contribution < 1.29 is 9.13 Å². The molecule has 38 heavy (non-hydrogen) atoms. The molecule has 0 aromatic carbocycles. The lowest BCUT2D eigenvalue weighted by Crippen LogP contribution is -2.44. The molecule has 210 valence electrons. The SMILES string of the molecule is C=CC(C)=NC(=C)C(=C)/C=C\C(=C/C)OC(/C=C\C(=C)F)=C/C.CC(C)CN1CCC(N2CCCC2)CC1. The summed E-state index contributed by atoms with van der Waals surface area (Å²) in [6, 6.07) is 0.913. The molecule has 0 spiro atoms. The van der Waals surface area contributed by atoms with E-state index in [4.69, 9.17) is 4.74 Å². The van der Waals surface area contributed by atoms with Crippen LogP contribution in [0, 0.1) is 5.92 Å². The molecule has 2 aliphatic heterocycles. The second kappa shape index (κ2) is 18.5. The van der Waals surface area contributed by atoms with Gasteiger partial charge in [-0.2, -0.15) is 0 Å². The Balaban J connectivity index is 0.000000411. The molecule has 2 rings (SSSR count). The fraction of sp³-hybridized carbons (Fsp3) is 0.485. The molecule has 0 aromatic heterocycles. The number of halogens is 1. The number of hydrogen-bond acceptors (Lipinski definition) is 4. The Morgan fingerprint density at radius 1 is 0.947 bits per heavy atom. The van der Waals surface area contributed by atoms with Crippen LogP contribution in [0.15, 0.2) is 102 Å². The van der Waals surface area contributed by atoms with Crippen LogP contribution in [-0.4, -0.2) is 54.3 Å². The van der Waals surface area contributed by atoms with Crippen LogP contribution in [0.4, 0.5) is 4.39 Å². The van der Waals surface area contributed by atoms with Gasteiger partial charge in [-0.15, -0.1) is 0 Å². The van der Waals surface area contributed by atoms with Crippen molar-refractivity contribution in [2.45, 2.75) is 66.3 Å². The maximum Gasteiger partial charge on any atom is 0.123 e. The Morgan fingerprint density at radius 3 is 1.97 bits per heavy atom. The maximum absolute atomic E-state index is 12.7. The summed E-state index contributed by atoms with van der Waals surface area (Å²) in [6.45, 7) is 31.4. The molecular formula is C33H50FN3O. The molecule has 4 nitrogen and oxygen atoms in total. The third kappa shape index (κ3) is 13.7. The highest BCUT2D eigenvalue weighted by atomic mass is 19.1. The summed E-state index contributed by atoms with van der Waals surface area (Å²) in [5, 5.41) is 0. The van der Waals surface area contributed by atoms with Crippen LogP contribution in [0.3, 0.4) is 0 Å². The van der Waals surface area contributed by atoms with Gasteiger partial charge >= 0.3 is 0 Å². The first-order valence-electron chi connectivity index (χ1n) is 13.8. The van der Waals surface area contributed by atoms with E-state index in [1.165, 1.54) is 70.6 Å². The van der Waals surface area contributed by atoms with Crippen LogP contribution in [0.2, 0.25) is 0 Å². The van der Waals surface area contributed by atoms with Gasteiger partial charge in [0.25, 0.3) is 0 Å². The number of piperidine rings is 1. The highest BCUT2D eigenvalue weighted by Gasteiger charge is 2.26. The van der Waals surface area contributed by atoms with Crippen molar-refractivity contribution in [3.05, 3.63) is 97.5 Å². The minimum atomic E-state index is -0.536. The van der Waals surface area contributed by atoms with E-state index < -0.39 is 5.83 Å². The molecule has 0 unspecified atom stereocenters. The average Bonchev–Trinajstić information content (AvgIpc) is 3.43. The molecule has 0 saturated carbocycles. The van der Waals surface area contributed by atoms with Gasteiger partial charge in [0, 0.05) is 18.3 Å². The monoisotopic (exact) mass is 523 g/mol. The molecule has 0 radical (unpaired) electrons. The van der Waals surface area contributed by atoms with Crippen LogP contribution in [0.1, 0.15) is 60.3 Å². The molecule has 0 amide bonds. The van der Waals surface area contributed by atoms with E-state index in [2.05, 4.69) is 55.0 Å². The van der Waals surface area contributed by atoms with Crippen molar-refractivity contribution in [1.82, 2.24) is 9.80 Å². The van der Waals surface area contributed by atoms with Crippen molar-refractivity contribution in [3.63, 3.8) is 0 Å². The molecule has 0 aliphatic carbocycles. The number of ether oxygens (including phenoxy) is 1. The highest BCUT2D eigenvalue weighted by Crippen LogP contribution is 2.21. The van der Waals surface area contributed by atoms with Gasteiger partial charge in [-0.05, 0) is 127 Å². The molecule has 2 heterocycles. The van der Waals surface area contributed by atoms with Gasteiger partial charge in [-0.3, -0.25) is 4.99 Å². The normalized spacial score (nSPS) is 18.7. The first-order valence-corrected chi connectivity index (χ1v) is 13.8. The minimum Gasteiger partial charge on any atom is -0.458 e. The Morgan fingerprint density at radius 2 is 1.50 bits per heavy atom. The summed E-state index contributed by atoms with van der Waals surface area (Å²) in [7, 11) is 0. The fourth-order valence-corrected chi connectivity index (χ4v) is 4.39. The standard InChI is InChI=1S/C20H24FNO.C13H26N2/c1-8-17(6)22-18(7)15(4)11-13-19(9-2)23-20(10-3)14-12-16(5)21;1-12(2)11-14-9-5-13(6-10-14)15-7-3-4-8-15/h8-14H,1,4-5,7H2,2-3,6H3;12-13H,3-11H2,1-2H3/b13-11-,14-12-,19-9+,20-10+,22-17?;. The Kier molecular flexibility index (Phi) is 16.2. The van der Waals surface area contributed by atoms with Crippen LogP contribution in [-0.2, 0) is 4.74 Å². The van der Waals surface area contributed by atoms with E-state index in [9.17, 15) is 4.39 Å². The van der Waals surface area contributed by atoms with Gasteiger partial charge in [0.15, 0.2) is 0 Å². The van der Waals surface area contributed by atoms with E-state index in [0.717, 1.165) is 17.7 Å². The molecule has 0 N–H and O–H groups in total. The van der Waals surface area contributed by atoms with Crippen molar-refractivity contribution >= 4 is 5.71 Å². The largest absolute Gasteiger partial charge is 0.458 e. The van der Waals surface area contributed by atoms with E-state index in [1.807, 2.05) is 13.8 Å². The summed E-state index contributed by atoms with van der Waals surface area (Å²) in [4.78, 5) is 9.62. The Bertz CT molecular complexity index is 937. The lowest BCUT2D eigenvalue weighted by atomic mass is 10.0. The van der Waals surface area contributed by atoms with E-state index in [1.54, 1.807) is 37.3 Å². The van der Waals surface area contributed by atoms with Gasteiger partial charge in [-0.1, -0.05) is 40.2 Å². The van der Waals surface area contributed by atoms with Crippen LogP contribution < -0.4 is 0 Å². The van der Waals surface area contributed by atoms with E-state index >= 15 is 0 Å². The van der Waals surface area contributed by atoms with E-state index in [0.29, 0.717) is 22.8 Å². The quantitative estimate of drug-likeness (QED) is 0.146. The molecule has 0 aromatic rings. The lowest BCUT2D eigenvalue weighted by Gasteiger charge is -2.37. The summed E-state index contributed by atoms with van der Waals surface area (Å²) in [6.07, 6.45) is 17.1. The molecule has 2 saturated heterocycles. The molecule has 2 fully saturated rings. The van der Waals surface area contributed by atoms with Gasteiger partial charge < -0.3 is 14.5 Å². The minimum absolute atomic E-state index is 0.506. The molecular weight excluding hydrogens is 473 g/mol. The van der Waals surface area contributed by atoms with Crippen LogP contribution >= 0.6 is 0 Å². The first kappa shape index (κ1) is 33.3. The zero-order valence-corrected chi connectivity index (χ0v) is 24.5. The Hall–Kier alpha value is -2.76. The van der Waals surface area contributed by atoms with Crippen molar-refractivity contribution in [2.75, 3.05) is 32.7 Å². The molecule has 5 heteroatoms. The first-order chi connectivity index (χ1) is 18.1. The van der Waals surface area contributed by atoms with Crippen molar-refractivity contribution in [1.29, 1.82) is 0 Å². The third-order valence-corrected chi connectivity index (χ3v) is 6.50. The van der Waals surface area contributed by atoms with Gasteiger partial charge in [0.2, 0.25) is 0 Å². The highest BCUT2D eigenvalue weighted by molar-refractivity contribution is 5.93. The van der Waals surface area contributed by atoms with Gasteiger partial charge in [-0.25, -0.2) is 4.39 Å². The number of likely N-dealkylation sites (tertiary alicyclic amines) is 2. The summed E-state index contributed by atoms with van der Waals surface area (Å²) in [5.74, 6) is 1.39. The predicted molar refractivity (Wildman–Crippen MR) is 164 cm³/mol. The Labute approximate surface area is 232 Å². The van der Waals surface area contributed by atoms with Crippen molar-refractivity contribution in [3.8, 4) is 0 Å². The molecule has 0 bridgehead atoms. The zero-order valence-electron chi connectivity index (χ0n) is 24.5. The van der Waals surface area contributed by atoms with Crippen molar-refractivity contribution in [2.24, 2.45) is 10.9 Å². The van der Waals surface area contributed by atoms with Crippen LogP contribution in [0.5, 0.6) is 0 Å². The number of allylic oxidation sites excluding steroid dienone is 8. The molecule has 2 aliphatic rings. The second-order valence-corrected chi connectivity index (χ2v) is 10.2. The molecule has 0 atom stereocenters. The predicted octanol–water partition coefficient (Wildman–Crippen LogP) is 8.33. The van der Waals surface area contributed by atoms with E-state index in [-0.39, 0.29) is 0 Å². The maximum atomic E-state index is 12.7. The van der Waals surface area contributed by atoms with Crippen LogP contribution in [0.25, 0.3) is 0 Å². The fourth-order valence-electron chi connectivity index (χ4n) is 4.39. The average molecular weight is 524 g/mol. The topological polar surface area (TPSA) is 28.1 Å². The number of aliphatic imine (C=N–C) groups is 1. The van der Waals surface area contributed by atoms with Gasteiger partial charge in [0.05, 0.1) is 5.70 Å². The summed E-state index contributed by atoms with van der Waals surface area (Å²) in [5.41, 5.74) is 1.97. The third-order valence-electron chi connectivity index (χ3n) is 6.50.